The average Bonchev–Trinajstić information content (AvgIpc) is 2.61. The van der Waals surface area contributed by atoms with Crippen molar-refractivity contribution in [3.8, 4) is 11.5 Å². The summed E-state index contributed by atoms with van der Waals surface area (Å²) in [6, 6.07) is 15.8. The van der Waals surface area contributed by atoms with Crippen LogP contribution in [0, 0.1) is 0 Å². The van der Waals surface area contributed by atoms with Gasteiger partial charge in [-0.15, -0.1) is 0 Å². The standard InChI is InChI=1S/C20H24N2O2/c1-3-23-19-9-5-17(6-10-19)15-21-13-14-22-16-18-7-11-20(12-8-18)24-4-2/h5-12,15-16H,3-4,13-14H2,1-2H3. The third-order valence-electron chi connectivity index (χ3n) is 3.22. The molecule has 0 radical (unpaired) electrons. The third-order valence-corrected chi connectivity index (χ3v) is 3.22. The summed E-state index contributed by atoms with van der Waals surface area (Å²) in [5.74, 6) is 1.77. The van der Waals surface area contributed by atoms with Crippen LogP contribution < -0.4 is 9.47 Å². The first-order valence-electron chi connectivity index (χ1n) is 8.27. The molecule has 24 heavy (non-hydrogen) atoms. The highest BCUT2D eigenvalue weighted by molar-refractivity contribution is 5.80. The minimum atomic E-state index is 0.667. The van der Waals surface area contributed by atoms with Crippen molar-refractivity contribution in [3.05, 3.63) is 59.7 Å². The van der Waals surface area contributed by atoms with Gasteiger partial charge in [-0.05, 0) is 73.5 Å². The van der Waals surface area contributed by atoms with Gasteiger partial charge in [-0.1, -0.05) is 0 Å². The number of benzene rings is 2. The first-order valence-corrected chi connectivity index (χ1v) is 8.27. The Kier molecular flexibility index (Phi) is 7.54. The quantitative estimate of drug-likeness (QED) is 0.516. The third kappa shape index (κ3) is 6.24. The van der Waals surface area contributed by atoms with Gasteiger partial charge in [0.15, 0.2) is 0 Å². The Labute approximate surface area is 143 Å². The fraction of sp³-hybridized carbons (Fsp3) is 0.300. The van der Waals surface area contributed by atoms with Crippen LogP contribution >= 0.6 is 0 Å². The lowest BCUT2D eigenvalue weighted by atomic mass is 10.2. The molecule has 2 aromatic rings. The molecule has 0 bridgehead atoms. The maximum absolute atomic E-state index is 5.41. The zero-order valence-corrected chi connectivity index (χ0v) is 14.3. The molecule has 0 unspecified atom stereocenters. The van der Waals surface area contributed by atoms with Gasteiger partial charge in [0.05, 0.1) is 26.3 Å². The molecule has 0 amide bonds. The summed E-state index contributed by atoms with van der Waals surface area (Å²) in [5.41, 5.74) is 2.13. The van der Waals surface area contributed by atoms with E-state index in [1.165, 1.54) is 0 Å². The van der Waals surface area contributed by atoms with Crippen LogP contribution in [0.5, 0.6) is 11.5 Å². The summed E-state index contributed by atoms with van der Waals surface area (Å²) in [5, 5.41) is 0. The van der Waals surface area contributed by atoms with Gasteiger partial charge in [0.25, 0.3) is 0 Å². The molecule has 0 aliphatic heterocycles. The molecule has 0 aliphatic carbocycles. The van der Waals surface area contributed by atoms with Crippen LogP contribution in [0.25, 0.3) is 0 Å². The summed E-state index contributed by atoms with van der Waals surface area (Å²) in [4.78, 5) is 8.77. The lowest BCUT2D eigenvalue weighted by Crippen LogP contribution is -1.93. The molecule has 0 saturated heterocycles. The smallest absolute Gasteiger partial charge is 0.119 e. The van der Waals surface area contributed by atoms with Gasteiger partial charge in [0.2, 0.25) is 0 Å². The van der Waals surface area contributed by atoms with E-state index in [9.17, 15) is 0 Å². The van der Waals surface area contributed by atoms with Crippen molar-refractivity contribution in [1.82, 2.24) is 0 Å². The van der Waals surface area contributed by atoms with Gasteiger partial charge in [-0.25, -0.2) is 0 Å². The maximum atomic E-state index is 5.41. The fourth-order valence-electron chi connectivity index (χ4n) is 2.09. The van der Waals surface area contributed by atoms with Crippen molar-refractivity contribution in [2.75, 3.05) is 26.3 Å². The maximum Gasteiger partial charge on any atom is 0.119 e. The Morgan fingerprint density at radius 2 is 1.04 bits per heavy atom. The first-order chi connectivity index (χ1) is 11.8. The second kappa shape index (κ2) is 10.2. The second-order valence-electron chi connectivity index (χ2n) is 5.07. The molecule has 2 rings (SSSR count). The minimum Gasteiger partial charge on any atom is -0.494 e. The van der Waals surface area contributed by atoms with Crippen LogP contribution in [0.4, 0.5) is 0 Å². The van der Waals surface area contributed by atoms with Crippen LogP contribution in [0.2, 0.25) is 0 Å². The average molecular weight is 324 g/mol. The van der Waals surface area contributed by atoms with E-state index < -0.39 is 0 Å². The van der Waals surface area contributed by atoms with Gasteiger partial charge >= 0.3 is 0 Å². The molecule has 0 saturated carbocycles. The molecule has 0 aliphatic rings. The van der Waals surface area contributed by atoms with E-state index in [4.69, 9.17) is 9.47 Å². The zero-order chi connectivity index (χ0) is 17.0. The van der Waals surface area contributed by atoms with Crippen molar-refractivity contribution in [1.29, 1.82) is 0 Å². The number of hydrogen-bond donors (Lipinski definition) is 0. The van der Waals surface area contributed by atoms with Crippen molar-refractivity contribution < 1.29 is 9.47 Å². The number of ether oxygens (including phenoxy) is 2. The Morgan fingerprint density at radius 3 is 1.38 bits per heavy atom. The van der Waals surface area contributed by atoms with Crippen molar-refractivity contribution in [2.24, 2.45) is 9.98 Å². The lowest BCUT2D eigenvalue weighted by Gasteiger charge is -2.02. The number of hydrogen-bond acceptors (Lipinski definition) is 4. The zero-order valence-electron chi connectivity index (χ0n) is 14.3. The van der Waals surface area contributed by atoms with E-state index >= 15 is 0 Å². The van der Waals surface area contributed by atoms with Crippen molar-refractivity contribution in [3.63, 3.8) is 0 Å². The summed E-state index contributed by atoms with van der Waals surface area (Å²) in [6.07, 6.45) is 3.73. The molecule has 0 fully saturated rings. The van der Waals surface area contributed by atoms with Crippen LogP contribution in [0.15, 0.2) is 58.5 Å². The van der Waals surface area contributed by atoms with Crippen LogP contribution in [-0.4, -0.2) is 38.7 Å². The highest BCUT2D eigenvalue weighted by atomic mass is 16.5. The van der Waals surface area contributed by atoms with E-state index in [0.29, 0.717) is 26.3 Å². The largest absolute Gasteiger partial charge is 0.494 e. The summed E-state index contributed by atoms with van der Waals surface area (Å²) in [6.45, 7) is 6.65. The molecule has 0 N–H and O–H groups in total. The molecule has 0 heterocycles. The van der Waals surface area contributed by atoms with Gasteiger partial charge in [-0.2, -0.15) is 0 Å². The van der Waals surface area contributed by atoms with Crippen LogP contribution in [0.3, 0.4) is 0 Å². The normalized spacial score (nSPS) is 11.2. The molecular weight excluding hydrogens is 300 g/mol. The molecule has 4 nitrogen and oxygen atoms in total. The molecular formula is C20H24N2O2. The summed E-state index contributed by atoms with van der Waals surface area (Å²) < 4.78 is 10.8. The van der Waals surface area contributed by atoms with E-state index in [0.717, 1.165) is 22.6 Å². The predicted octanol–water partition coefficient (Wildman–Crippen LogP) is 4.02. The summed E-state index contributed by atoms with van der Waals surface area (Å²) in [7, 11) is 0. The van der Waals surface area contributed by atoms with Gasteiger partial charge < -0.3 is 9.47 Å². The van der Waals surface area contributed by atoms with E-state index in [1.54, 1.807) is 0 Å². The monoisotopic (exact) mass is 324 g/mol. The molecule has 2 aromatic carbocycles. The summed E-state index contributed by atoms with van der Waals surface area (Å²) >= 11 is 0. The molecule has 0 spiro atoms. The Bertz CT molecular complexity index is 587. The van der Waals surface area contributed by atoms with Gasteiger partial charge in [-0.3, -0.25) is 9.98 Å². The Hall–Kier alpha value is -2.62. The van der Waals surface area contributed by atoms with Gasteiger partial charge in [0.1, 0.15) is 11.5 Å². The van der Waals surface area contributed by atoms with Crippen LogP contribution in [0.1, 0.15) is 25.0 Å². The highest BCUT2D eigenvalue weighted by Crippen LogP contribution is 2.11. The topological polar surface area (TPSA) is 43.2 Å². The second-order valence-corrected chi connectivity index (χ2v) is 5.07. The minimum absolute atomic E-state index is 0.667. The molecule has 0 atom stereocenters. The molecule has 0 aromatic heterocycles. The molecule has 126 valence electrons. The van der Waals surface area contributed by atoms with Crippen molar-refractivity contribution >= 4 is 12.4 Å². The Balaban J connectivity index is 1.73. The molecule has 4 heteroatoms. The number of aliphatic imine (C=N–C) groups is 2. The van der Waals surface area contributed by atoms with E-state index in [1.807, 2.05) is 74.8 Å². The SMILES string of the molecule is CCOc1ccc(C=NCCN=Cc2ccc(OCC)cc2)cc1. The fourth-order valence-corrected chi connectivity index (χ4v) is 2.09. The predicted molar refractivity (Wildman–Crippen MR) is 100 cm³/mol. The van der Waals surface area contributed by atoms with Crippen LogP contribution in [-0.2, 0) is 0 Å². The highest BCUT2D eigenvalue weighted by Gasteiger charge is 1.93. The lowest BCUT2D eigenvalue weighted by molar-refractivity contribution is 0.340. The Morgan fingerprint density at radius 1 is 0.667 bits per heavy atom. The van der Waals surface area contributed by atoms with Crippen molar-refractivity contribution in [2.45, 2.75) is 13.8 Å². The van der Waals surface area contributed by atoms with Gasteiger partial charge in [0, 0.05) is 12.4 Å². The first kappa shape index (κ1) is 17.7. The van der Waals surface area contributed by atoms with E-state index in [2.05, 4.69) is 9.98 Å². The number of rotatable bonds is 9. The van der Waals surface area contributed by atoms with E-state index in [-0.39, 0.29) is 0 Å². The number of nitrogens with zero attached hydrogens (tertiary/aromatic N) is 2.